The van der Waals surface area contributed by atoms with Crippen LogP contribution in [0.4, 0.5) is 4.39 Å². The van der Waals surface area contributed by atoms with E-state index in [-0.39, 0.29) is 0 Å². The third-order valence-corrected chi connectivity index (χ3v) is 2.68. The van der Waals surface area contributed by atoms with Crippen molar-refractivity contribution >= 4 is 29.1 Å². The predicted octanol–water partition coefficient (Wildman–Crippen LogP) is 0.817. The molecule has 0 bridgehead atoms. The summed E-state index contributed by atoms with van der Waals surface area (Å²) in [6.07, 6.45) is 0. The Hall–Kier alpha value is -1.50. The minimum Gasteiger partial charge on any atom is -0.463 e. The Labute approximate surface area is 110 Å². The highest BCUT2D eigenvalue weighted by molar-refractivity contribution is 7.80. The SMILES string of the molecule is C=C(F)C(COC(=O)C(C)(C)C)(C(N)=O)C(N)=S. The number of thiocarbonyl (C=S) groups is 1. The maximum absolute atomic E-state index is 13.4. The standard InChI is InChI=1S/C11H17FN2O3S/c1-6(12)11(7(13)15,8(14)18)5-17-9(16)10(2,3)4/h1,5H2,2-4H3,(H2,13,15)(H2,14,18). The molecule has 7 heteroatoms. The molecule has 0 heterocycles. The molecule has 0 aromatic carbocycles. The Bertz CT molecular complexity index is 366. The van der Waals surface area contributed by atoms with Gasteiger partial charge in [-0.2, -0.15) is 0 Å². The highest BCUT2D eigenvalue weighted by Gasteiger charge is 2.46. The second-order valence-electron chi connectivity index (χ2n) is 4.86. The summed E-state index contributed by atoms with van der Waals surface area (Å²) in [5.41, 5.74) is 7.41. The number of amides is 1. The highest BCUT2D eigenvalue weighted by Crippen LogP contribution is 2.29. The number of hydrogen-bond acceptors (Lipinski definition) is 4. The molecule has 0 spiro atoms. The van der Waals surface area contributed by atoms with Crippen LogP contribution in [0.1, 0.15) is 20.8 Å². The molecule has 1 unspecified atom stereocenters. The Kier molecular flexibility index (Phi) is 4.98. The first-order valence-electron chi connectivity index (χ1n) is 5.08. The molecule has 5 nitrogen and oxygen atoms in total. The third-order valence-electron chi connectivity index (χ3n) is 2.34. The van der Waals surface area contributed by atoms with Crippen molar-refractivity contribution in [3.05, 3.63) is 12.4 Å². The molecule has 0 rings (SSSR count). The van der Waals surface area contributed by atoms with Gasteiger partial charge in [0.15, 0.2) is 5.41 Å². The summed E-state index contributed by atoms with van der Waals surface area (Å²) >= 11 is 4.61. The molecular weight excluding hydrogens is 259 g/mol. The van der Waals surface area contributed by atoms with Gasteiger partial charge in [-0.3, -0.25) is 9.59 Å². The van der Waals surface area contributed by atoms with Crippen LogP contribution < -0.4 is 11.5 Å². The van der Waals surface area contributed by atoms with Crippen molar-refractivity contribution in [1.29, 1.82) is 0 Å². The molecule has 4 N–H and O–H groups in total. The fourth-order valence-electron chi connectivity index (χ4n) is 1.000. The van der Waals surface area contributed by atoms with Crippen LogP contribution in [0.5, 0.6) is 0 Å². The van der Waals surface area contributed by atoms with Gasteiger partial charge in [0.25, 0.3) is 0 Å². The van der Waals surface area contributed by atoms with Gasteiger partial charge >= 0.3 is 5.97 Å². The van der Waals surface area contributed by atoms with Crippen LogP contribution in [0.3, 0.4) is 0 Å². The molecule has 0 aromatic heterocycles. The summed E-state index contributed by atoms with van der Waals surface area (Å²) < 4.78 is 18.3. The lowest BCUT2D eigenvalue weighted by atomic mass is 9.86. The van der Waals surface area contributed by atoms with Crippen LogP contribution in [0, 0.1) is 10.8 Å². The normalized spacial score (nSPS) is 14.4. The molecule has 0 aliphatic heterocycles. The lowest BCUT2D eigenvalue weighted by molar-refractivity contribution is -0.155. The monoisotopic (exact) mass is 276 g/mol. The minimum absolute atomic E-state index is 0.524. The molecule has 0 aromatic rings. The number of rotatable bonds is 5. The summed E-state index contributed by atoms with van der Waals surface area (Å²) in [7, 11) is 0. The van der Waals surface area contributed by atoms with Crippen LogP contribution in [0.2, 0.25) is 0 Å². The quantitative estimate of drug-likeness (QED) is 0.572. The molecule has 0 saturated carbocycles. The van der Waals surface area contributed by atoms with Crippen LogP contribution >= 0.6 is 12.2 Å². The van der Waals surface area contributed by atoms with Crippen molar-refractivity contribution in [3.8, 4) is 0 Å². The number of carbonyl (C=O) groups is 2. The van der Waals surface area contributed by atoms with Crippen molar-refractivity contribution in [2.24, 2.45) is 22.3 Å². The molecule has 1 atom stereocenters. The van der Waals surface area contributed by atoms with Crippen molar-refractivity contribution in [2.75, 3.05) is 6.61 Å². The number of carbonyl (C=O) groups excluding carboxylic acids is 2. The molecule has 0 saturated heterocycles. The lowest BCUT2D eigenvalue weighted by Gasteiger charge is -2.28. The van der Waals surface area contributed by atoms with Crippen LogP contribution in [-0.4, -0.2) is 23.5 Å². The summed E-state index contributed by atoms with van der Waals surface area (Å²) in [5.74, 6) is -2.93. The Morgan fingerprint density at radius 1 is 1.33 bits per heavy atom. The fourth-order valence-corrected chi connectivity index (χ4v) is 1.27. The van der Waals surface area contributed by atoms with Gasteiger partial charge in [-0.05, 0) is 20.8 Å². The largest absolute Gasteiger partial charge is 0.463 e. The van der Waals surface area contributed by atoms with Crippen molar-refractivity contribution < 1.29 is 18.7 Å². The zero-order valence-corrected chi connectivity index (χ0v) is 11.4. The maximum Gasteiger partial charge on any atom is 0.311 e. The fraction of sp³-hybridized carbons (Fsp3) is 0.545. The van der Waals surface area contributed by atoms with Crippen molar-refractivity contribution in [2.45, 2.75) is 20.8 Å². The first-order valence-corrected chi connectivity index (χ1v) is 5.49. The van der Waals surface area contributed by atoms with Gasteiger partial charge in [0, 0.05) is 0 Å². The van der Waals surface area contributed by atoms with Gasteiger partial charge in [-0.25, -0.2) is 4.39 Å². The molecule has 1 amide bonds. The van der Waals surface area contributed by atoms with Gasteiger partial charge in [0.1, 0.15) is 12.4 Å². The number of halogens is 1. The van der Waals surface area contributed by atoms with Gasteiger partial charge in [0.05, 0.1) is 10.4 Å². The lowest BCUT2D eigenvalue weighted by Crippen LogP contribution is -2.51. The van der Waals surface area contributed by atoms with Crippen LogP contribution in [-0.2, 0) is 14.3 Å². The Balaban J connectivity index is 5.18. The van der Waals surface area contributed by atoms with E-state index in [1.54, 1.807) is 20.8 Å². The van der Waals surface area contributed by atoms with Crippen molar-refractivity contribution in [3.63, 3.8) is 0 Å². The van der Waals surface area contributed by atoms with Gasteiger partial charge in [-0.1, -0.05) is 18.8 Å². The number of hydrogen-bond donors (Lipinski definition) is 2. The van der Waals surface area contributed by atoms with Gasteiger partial charge in [0.2, 0.25) is 5.91 Å². The average molecular weight is 276 g/mol. The average Bonchev–Trinajstić information content (AvgIpc) is 2.14. The predicted molar refractivity (Wildman–Crippen MR) is 69.1 cm³/mol. The molecule has 102 valence electrons. The van der Waals surface area contributed by atoms with E-state index in [0.717, 1.165) is 0 Å². The summed E-state index contributed by atoms with van der Waals surface area (Å²) in [6.45, 7) is 7.10. The van der Waals surface area contributed by atoms with E-state index < -0.39 is 40.1 Å². The number of esters is 1. The van der Waals surface area contributed by atoms with E-state index >= 15 is 0 Å². The molecule has 0 aliphatic carbocycles. The number of primary amides is 1. The van der Waals surface area contributed by atoms with Crippen LogP contribution in [0.15, 0.2) is 12.4 Å². The zero-order valence-electron chi connectivity index (χ0n) is 10.6. The highest BCUT2D eigenvalue weighted by atomic mass is 32.1. The summed E-state index contributed by atoms with van der Waals surface area (Å²) in [6, 6.07) is 0. The first-order chi connectivity index (χ1) is 7.96. The number of ether oxygens (including phenoxy) is 1. The minimum atomic E-state index is -2.16. The van der Waals surface area contributed by atoms with E-state index in [2.05, 4.69) is 18.8 Å². The second kappa shape index (κ2) is 5.43. The smallest absolute Gasteiger partial charge is 0.311 e. The molecule has 0 aliphatic rings. The molecule has 18 heavy (non-hydrogen) atoms. The van der Waals surface area contributed by atoms with Crippen molar-refractivity contribution in [1.82, 2.24) is 0 Å². The van der Waals surface area contributed by atoms with E-state index in [9.17, 15) is 14.0 Å². The molecular formula is C11H17FN2O3S. The van der Waals surface area contributed by atoms with E-state index in [1.165, 1.54) is 0 Å². The third kappa shape index (κ3) is 3.25. The molecule has 0 radical (unpaired) electrons. The first kappa shape index (κ1) is 16.5. The summed E-state index contributed by atoms with van der Waals surface area (Å²) in [4.78, 5) is 22.4. The number of nitrogens with two attached hydrogens (primary N) is 2. The van der Waals surface area contributed by atoms with Gasteiger partial charge < -0.3 is 16.2 Å². The van der Waals surface area contributed by atoms with Gasteiger partial charge in [-0.15, -0.1) is 0 Å². The summed E-state index contributed by atoms with van der Waals surface area (Å²) in [5, 5.41) is 0. The van der Waals surface area contributed by atoms with E-state index in [4.69, 9.17) is 16.2 Å². The topological polar surface area (TPSA) is 95.4 Å². The van der Waals surface area contributed by atoms with E-state index in [0.29, 0.717) is 0 Å². The second-order valence-corrected chi connectivity index (χ2v) is 5.30. The van der Waals surface area contributed by atoms with Crippen LogP contribution in [0.25, 0.3) is 0 Å². The maximum atomic E-state index is 13.4. The Morgan fingerprint density at radius 2 is 1.78 bits per heavy atom. The molecule has 0 fully saturated rings. The Morgan fingerprint density at radius 3 is 2.00 bits per heavy atom. The zero-order chi connectivity index (χ0) is 14.7. The van der Waals surface area contributed by atoms with E-state index in [1.807, 2.05) is 0 Å².